The number of rotatable bonds is 2. The van der Waals surface area contributed by atoms with Crippen molar-refractivity contribution in [1.29, 1.82) is 0 Å². The van der Waals surface area contributed by atoms with Crippen molar-refractivity contribution < 1.29 is 18.0 Å². The molecule has 2 aromatic heterocycles. The number of amides is 1. The van der Waals surface area contributed by atoms with Gasteiger partial charge in [-0.1, -0.05) is 22.9 Å². The molecule has 6 nitrogen and oxygen atoms in total. The van der Waals surface area contributed by atoms with Gasteiger partial charge in [-0.3, -0.25) is 4.79 Å². The number of carbonyl (C=O) groups excluding carboxylic acids is 1. The van der Waals surface area contributed by atoms with Crippen molar-refractivity contribution >= 4 is 39.5 Å². The minimum absolute atomic E-state index is 0.0330. The van der Waals surface area contributed by atoms with Crippen LogP contribution in [0, 0.1) is 6.92 Å². The number of alkyl halides is 3. The Morgan fingerprint density at radius 1 is 1.35 bits per heavy atom. The van der Waals surface area contributed by atoms with Crippen molar-refractivity contribution in [2.75, 3.05) is 5.32 Å². The van der Waals surface area contributed by atoms with Gasteiger partial charge in [0.25, 0.3) is 5.91 Å². The van der Waals surface area contributed by atoms with Crippen LogP contribution in [0.1, 0.15) is 21.2 Å². The van der Waals surface area contributed by atoms with Crippen LogP contribution in [-0.2, 0) is 6.18 Å². The number of anilines is 1. The summed E-state index contributed by atoms with van der Waals surface area (Å²) < 4.78 is 39.8. The van der Waals surface area contributed by atoms with Crippen molar-refractivity contribution in [2.24, 2.45) is 0 Å². The highest BCUT2D eigenvalue weighted by atomic mass is 35.5. The molecule has 23 heavy (non-hydrogen) atoms. The van der Waals surface area contributed by atoms with Gasteiger partial charge in [0.05, 0.1) is 10.6 Å². The number of halogens is 4. The molecule has 0 radical (unpaired) electrons. The molecule has 0 bridgehead atoms. The third-order valence-corrected chi connectivity index (χ3v) is 4.10. The Morgan fingerprint density at radius 2 is 2.09 bits per heavy atom. The summed E-state index contributed by atoms with van der Waals surface area (Å²) in [7, 11) is 0. The third kappa shape index (κ3) is 2.99. The molecule has 0 aliphatic carbocycles. The number of hydrogen-bond acceptors (Lipinski definition) is 5. The van der Waals surface area contributed by atoms with Gasteiger partial charge in [0.2, 0.25) is 9.97 Å². The number of fused-ring (bicyclic) bond motifs is 1. The first-order valence-electron chi connectivity index (χ1n) is 6.12. The molecular weight excluding hydrogens is 355 g/mol. The topological polar surface area (TPSA) is 72.2 Å². The van der Waals surface area contributed by atoms with Gasteiger partial charge in [-0.25, -0.2) is 0 Å². The highest BCUT2D eigenvalue weighted by molar-refractivity contribution is 7.18. The van der Waals surface area contributed by atoms with Gasteiger partial charge >= 0.3 is 6.18 Å². The summed E-state index contributed by atoms with van der Waals surface area (Å²) in [5.74, 6) is -0.142. The summed E-state index contributed by atoms with van der Waals surface area (Å²) in [6.07, 6.45) is -4.61. The highest BCUT2D eigenvalue weighted by Gasteiger charge is 2.33. The van der Waals surface area contributed by atoms with Crippen LogP contribution in [0.15, 0.2) is 18.2 Å². The number of hydrogen-bond donors (Lipinski definition) is 1. The molecule has 0 spiro atoms. The Bertz CT molecular complexity index is 904. The van der Waals surface area contributed by atoms with Gasteiger partial charge in [-0.05, 0) is 25.1 Å². The molecule has 0 saturated carbocycles. The van der Waals surface area contributed by atoms with E-state index in [-0.39, 0.29) is 10.7 Å². The lowest BCUT2D eigenvalue weighted by Gasteiger charge is -2.11. The van der Waals surface area contributed by atoms with E-state index >= 15 is 0 Å². The smallest absolute Gasteiger partial charge is 0.320 e. The molecule has 1 amide bonds. The van der Waals surface area contributed by atoms with E-state index in [9.17, 15) is 18.0 Å². The van der Waals surface area contributed by atoms with E-state index in [4.69, 9.17) is 11.6 Å². The molecule has 3 aromatic rings. The Balaban J connectivity index is 1.88. The fourth-order valence-corrected chi connectivity index (χ4v) is 2.82. The highest BCUT2D eigenvalue weighted by Crippen LogP contribution is 2.36. The SMILES string of the molecule is Cc1nnc2sc(C(=O)Nc3ccc(Cl)c(C(F)(F)F)c3)nn12. The van der Waals surface area contributed by atoms with Crippen molar-refractivity contribution in [2.45, 2.75) is 13.1 Å². The average molecular weight is 362 g/mol. The first-order valence-corrected chi connectivity index (χ1v) is 7.32. The molecule has 0 unspecified atom stereocenters. The second-order valence-corrected chi connectivity index (χ2v) is 5.86. The Morgan fingerprint density at radius 3 is 2.74 bits per heavy atom. The molecule has 1 N–H and O–H groups in total. The van der Waals surface area contributed by atoms with Crippen molar-refractivity contribution in [1.82, 2.24) is 19.8 Å². The Kier molecular flexibility index (Phi) is 3.72. The lowest BCUT2D eigenvalue weighted by molar-refractivity contribution is -0.137. The number of benzene rings is 1. The molecular formula is C12H7ClF3N5OS. The molecule has 0 fully saturated rings. The summed E-state index contributed by atoms with van der Waals surface area (Å²) in [5, 5.41) is 13.6. The molecule has 120 valence electrons. The van der Waals surface area contributed by atoms with Crippen LogP contribution in [0.5, 0.6) is 0 Å². The van der Waals surface area contributed by atoms with Gasteiger partial charge in [-0.2, -0.15) is 17.7 Å². The number of nitrogens with zero attached hydrogens (tertiary/aromatic N) is 4. The minimum atomic E-state index is -4.61. The molecule has 0 aliphatic heterocycles. The number of aromatic nitrogens is 4. The zero-order valence-electron chi connectivity index (χ0n) is 11.3. The van der Waals surface area contributed by atoms with Gasteiger partial charge in [0, 0.05) is 5.69 Å². The molecule has 0 saturated heterocycles. The van der Waals surface area contributed by atoms with Crippen LogP contribution in [0.4, 0.5) is 18.9 Å². The van der Waals surface area contributed by atoms with Gasteiger partial charge in [0.15, 0.2) is 5.82 Å². The number of nitrogens with one attached hydrogen (secondary N) is 1. The van der Waals surface area contributed by atoms with Gasteiger partial charge < -0.3 is 5.32 Å². The van der Waals surface area contributed by atoms with Crippen LogP contribution in [0.25, 0.3) is 4.96 Å². The standard InChI is InChI=1S/C12H7ClF3N5OS/c1-5-18-19-11-21(5)20-10(23-11)9(22)17-6-2-3-8(13)7(4-6)12(14,15)16/h2-4H,1H3,(H,17,22). The maximum Gasteiger partial charge on any atom is 0.417 e. The number of carbonyl (C=O) groups is 1. The van der Waals surface area contributed by atoms with E-state index < -0.39 is 22.7 Å². The van der Waals surface area contributed by atoms with Crippen LogP contribution >= 0.6 is 22.9 Å². The summed E-state index contributed by atoms with van der Waals surface area (Å²) in [4.78, 5) is 12.5. The fourth-order valence-electron chi connectivity index (χ4n) is 1.81. The second kappa shape index (κ2) is 5.46. The van der Waals surface area contributed by atoms with Gasteiger partial charge in [-0.15, -0.1) is 15.3 Å². The summed E-state index contributed by atoms with van der Waals surface area (Å²) in [6.45, 7) is 1.66. The quantitative estimate of drug-likeness (QED) is 0.759. The normalized spacial score (nSPS) is 11.9. The van der Waals surface area contributed by atoms with Crippen molar-refractivity contribution in [3.05, 3.63) is 39.6 Å². The maximum atomic E-state index is 12.8. The second-order valence-electron chi connectivity index (χ2n) is 4.50. The number of aryl methyl sites for hydroxylation is 1. The minimum Gasteiger partial charge on any atom is -0.320 e. The Labute approximate surface area is 135 Å². The molecule has 11 heteroatoms. The predicted molar refractivity (Wildman–Crippen MR) is 77.8 cm³/mol. The summed E-state index contributed by atoms with van der Waals surface area (Å²) >= 11 is 6.51. The molecule has 0 atom stereocenters. The zero-order chi connectivity index (χ0) is 16.8. The average Bonchev–Trinajstić information content (AvgIpc) is 3.02. The summed E-state index contributed by atoms with van der Waals surface area (Å²) in [6, 6.07) is 3.12. The maximum absolute atomic E-state index is 12.8. The van der Waals surface area contributed by atoms with Crippen LogP contribution in [0.2, 0.25) is 5.02 Å². The largest absolute Gasteiger partial charge is 0.417 e. The first-order chi connectivity index (χ1) is 10.8. The predicted octanol–water partition coefficient (Wildman–Crippen LogP) is 3.42. The van der Waals surface area contributed by atoms with E-state index in [1.807, 2.05) is 0 Å². The van der Waals surface area contributed by atoms with Crippen LogP contribution in [-0.4, -0.2) is 25.7 Å². The fraction of sp³-hybridized carbons (Fsp3) is 0.167. The molecule has 0 aliphatic rings. The lowest BCUT2D eigenvalue weighted by atomic mass is 10.2. The molecule has 2 heterocycles. The monoisotopic (exact) mass is 361 g/mol. The molecule has 3 rings (SSSR count). The van der Waals surface area contributed by atoms with E-state index in [1.165, 1.54) is 10.6 Å². The van der Waals surface area contributed by atoms with E-state index in [0.29, 0.717) is 10.8 Å². The lowest BCUT2D eigenvalue weighted by Crippen LogP contribution is -2.13. The van der Waals surface area contributed by atoms with E-state index in [0.717, 1.165) is 23.5 Å². The summed E-state index contributed by atoms with van der Waals surface area (Å²) in [5.41, 5.74) is -1.06. The van der Waals surface area contributed by atoms with Crippen molar-refractivity contribution in [3.8, 4) is 0 Å². The van der Waals surface area contributed by atoms with E-state index in [2.05, 4.69) is 20.6 Å². The molecule has 1 aromatic carbocycles. The van der Waals surface area contributed by atoms with Crippen molar-refractivity contribution in [3.63, 3.8) is 0 Å². The zero-order valence-corrected chi connectivity index (χ0v) is 12.9. The first kappa shape index (κ1) is 15.7. The van der Waals surface area contributed by atoms with Crippen LogP contribution in [0.3, 0.4) is 0 Å². The van der Waals surface area contributed by atoms with Crippen LogP contribution < -0.4 is 5.32 Å². The van der Waals surface area contributed by atoms with Gasteiger partial charge in [0.1, 0.15) is 0 Å². The Hall–Kier alpha value is -2.20. The van der Waals surface area contributed by atoms with E-state index in [1.54, 1.807) is 6.92 Å². The third-order valence-electron chi connectivity index (χ3n) is 2.87.